The topological polar surface area (TPSA) is 73.3 Å². The van der Waals surface area contributed by atoms with Gasteiger partial charge < -0.3 is 14.8 Å². The average molecular weight is 347 g/mol. The van der Waals surface area contributed by atoms with Gasteiger partial charge in [0.1, 0.15) is 6.10 Å². The minimum atomic E-state index is 0.0214. The van der Waals surface area contributed by atoms with Crippen molar-refractivity contribution >= 4 is 17.2 Å². The van der Waals surface area contributed by atoms with E-state index in [1.54, 1.807) is 19.5 Å². The van der Waals surface area contributed by atoms with Crippen LogP contribution < -0.4 is 14.8 Å². The van der Waals surface area contributed by atoms with Crippen molar-refractivity contribution in [2.24, 2.45) is 0 Å². The molecule has 3 rings (SSSR count). The van der Waals surface area contributed by atoms with Gasteiger partial charge in [0.15, 0.2) is 0 Å². The number of aryl methyl sites for hydroxylation is 1. The molecule has 0 unspecified atom stereocenters. The molecule has 0 atom stereocenters. The van der Waals surface area contributed by atoms with Crippen LogP contribution in [0.15, 0.2) is 23.8 Å². The van der Waals surface area contributed by atoms with Gasteiger partial charge in [0.2, 0.25) is 0 Å². The van der Waals surface area contributed by atoms with Crippen molar-refractivity contribution in [2.75, 3.05) is 7.11 Å². The maximum Gasteiger partial charge on any atom is 0.278 e. The molecule has 0 aromatic carbocycles. The summed E-state index contributed by atoms with van der Waals surface area (Å²) in [6, 6.07) is 2.12. The Morgan fingerprint density at radius 3 is 2.54 bits per heavy atom. The Hall–Kier alpha value is -2.15. The largest absolute Gasteiger partial charge is 0.477 e. The van der Waals surface area contributed by atoms with E-state index in [1.807, 2.05) is 18.4 Å². The molecule has 1 fully saturated rings. The lowest BCUT2D eigenvalue weighted by Crippen LogP contribution is -2.39. The first-order valence-electron chi connectivity index (χ1n) is 8.03. The van der Waals surface area contributed by atoms with Crippen LogP contribution in [0.3, 0.4) is 0 Å². The summed E-state index contributed by atoms with van der Waals surface area (Å²) in [5.74, 6) is 0.857. The molecule has 1 saturated carbocycles. The zero-order valence-corrected chi connectivity index (χ0v) is 14.6. The van der Waals surface area contributed by atoms with Gasteiger partial charge in [-0.2, -0.15) is 0 Å². The van der Waals surface area contributed by atoms with Gasteiger partial charge in [-0.25, -0.2) is 9.97 Å². The normalized spacial score (nSPS) is 20.4. The molecular formula is C17H21N3O3S. The molecule has 128 valence electrons. The summed E-state index contributed by atoms with van der Waals surface area (Å²) in [5.41, 5.74) is 1.13. The molecule has 1 N–H and O–H groups in total. The van der Waals surface area contributed by atoms with Gasteiger partial charge in [-0.05, 0) is 49.6 Å². The third-order valence-electron chi connectivity index (χ3n) is 4.07. The van der Waals surface area contributed by atoms with Crippen molar-refractivity contribution < 1.29 is 14.3 Å². The fourth-order valence-electron chi connectivity index (χ4n) is 2.82. The standard InChI is InChI=1S/C17H21N3O3S/c1-11-9-14(24-10-11)15(21)20-12-3-5-13(6-4-12)23-17-16(22-2)18-7-8-19-17/h7-10,12-13H,3-6H2,1-2H3,(H,20,21). The highest BCUT2D eigenvalue weighted by molar-refractivity contribution is 7.12. The summed E-state index contributed by atoms with van der Waals surface area (Å²) >= 11 is 1.49. The van der Waals surface area contributed by atoms with Gasteiger partial charge in [-0.15, -0.1) is 11.3 Å². The summed E-state index contributed by atoms with van der Waals surface area (Å²) < 4.78 is 11.1. The Labute approximate surface area is 145 Å². The lowest BCUT2D eigenvalue weighted by molar-refractivity contribution is 0.0890. The summed E-state index contributed by atoms with van der Waals surface area (Å²) in [5, 5.41) is 5.11. The van der Waals surface area contributed by atoms with E-state index >= 15 is 0 Å². The molecule has 7 heteroatoms. The van der Waals surface area contributed by atoms with Crippen molar-refractivity contribution in [1.82, 2.24) is 15.3 Å². The van der Waals surface area contributed by atoms with Gasteiger partial charge in [-0.3, -0.25) is 4.79 Å². The first-order chi connectivity index (χ1) is 11.7. The molecule has 0 radical (unpaired) electrons. The van der Waals surface area contributed by atoms with E-state index in [2.05, 4.69) is 15.3 Å². The Bertz CT molecular complexity index is 696. The van der Waals surface area contributed by atoms with Gasteiger partial charge in [0.05, 0.1) is 12.0 Å². The molecule has 0 bridgehead atoms. The number of carbonyl (C=O) groups excluding carboxylic acids is 1. The minimum absolute atomic E-state index is 0.0214. The van der Waals surface area contributed by atoms with Crippen LogP contribution in [0.4, 0.5) is 0 Å². The SMILES string of the molecule is COc1nccnc1OC1CCC(NC(=O)c2cc(C)cs2)CC1. The average Bonchev–Trinajstić information content (AvgIpc) is 3.04. The Kier molecular flexibility index (Phi) is 5.30. The van der Waals surface area contributed by atoms with Crippen LogP contribution in [0.2, 0.25) is 0 Å². The van der Waals surface area contributed by atoms with E-state index in [0.717, 1.165) is 36.1 Å². The van der Waals surface area contributed by atoms with Crippen molar-refractivity contribution in [2.45, 2.75) is 44.8 Å². The van der Waals surface area contributed by atoms with Gasteiger partial charge >= 0.3 is 0 Å². The zero-order valence-electron chi connectivity index (χ0n) is 13.8. The predicted octanol–water partition coefficient (Wildman–Crippen LogP) is 2.98. The zero-order chi connectivity index (χ0) is 16.9. The fraction of sp³-hybridized carbons (Fsp3) is 0.471. The number of amides is 1. The molecule has 1 aliphatic rings. The molecular weight excluding hydrogens is 326 g/mol. The van der Waals surface area contributed by atoms with Gasteiger partial charge in [-0.1, -0.05) is 0 Å². The monoisotopic (exact) mass is 347 g/mol. The second-order valence-electron chi connectivity index (χ2n) is 5.92. The lowest BCUT2D eigenvalue weighted by atomic mass is 9.93. The first kappa shape index (κ1) is 16.7. The summed E-state index contributed by atoms with van der Waals surface area (Å²) in [6.45, 7) is 2.00. The van der Waals surface area contributed by atoms with Crippen LogP contribution >= 0.6 is 11.3 Å². The van der Waals surface area contributed by atoms with E-state index in [1.165, 1.54) is 11.3 Å². The van der Waals surface area contributed by atoms with E-state index in [4.69, 9.17) is 9.47 Å². The molecule has 1 amide bonds. The molecule has 6 nitrogen and oxygen atoms in total. The molecule has 2 heterocycles. The number of ether oxygens (including phenoxy) is 2. The van der Waals surface area contributed by atoms with Crippen molar-refractivity contribution in [3.63, 3.8) is 0 Å². The highest BCUT2D eigenvalue weighted by Gasteiger charge is 2.25. The maximum absolute atomic E-state index is 12.2. The Balaban J connectivity index is 1.50. The lowest BCUT2D eigenvalue weighted by Gasteiger charge is -2.29. The Morgan fingerprint density at radius 1 is 1.21 bits per heavy atom. The molecule has 0 spiro atoms. The number of hydrogen-bond acceptors (Lipinski definition) is 6. The predicted molar refractivity (Wildman–Crippen MR) is 91.8 cm³/mol. The molecule has 1 aliphatic carbocycles. The highest BCUT2D eigenvalue weighted by Crippen LogP contribution is 2.27. The second-order valence-corrected chi connectivity index (χ2v) is 6.84. The van der Waals surface area contributed by atoms with Crippen molar-refractivity contribution in [1.29, 1.82) is 0 Å². The number of carbonyl (C=O) groups is 1. The summed E-state index contributed by atoms with van der Waals surface area (Å²) in [6.07, 6.45) is 6.76. The molecule has 0 saturated heterocycles. The Morgan fingerprint density at radius 2 is 1.92 bits per heavy atom. The molecule has 24 heavy (non-hydrogen) atoms. The third kappa shape index (κ3) is 4.03. The number of methoxy groups -OCH3 is 1. The number of nitrogens with one attached hydrogen (secondary N) is 1. The van der Waals surface area contributed by atoms with Crippen LogP contribution in [0, 0.1) is 6.92 Å². The molecule has 0 aliphatic heterocycles. The van der Waals surface area contributed by atoms with Crippen LogP contribution in [0.1, 0.15) is 40.9 Å². The number of rotatable bonds is 5. The molecule has 2 aromatic rings. The number of aromatic nitrogens is 2. The van der Waals surface area contributed by atoms with Crippen LogP contribution in [0.25, 0.3) is 0 Å². The molecule has 2 aromatic heterocycles. The van der Waals surface area contributed by atoms with Crippen LogP contribution in [0.5, 0.6) is 11.8 Å². The summed E-state index contributed by atoms with van der Waals surface area (Å²) in [4.78, 5) is 21.3. The van der Waals surface area contributed by atoms with E-state index < -0.39 is 0 Å². The fourth-order valence-corrected chi connectivity index (χ4v) is 3.62. The second kappa shape index (κ2) is 7.61. The van der Waals surface area contributed by atoms with Crippen LogP contribution in [-0.4, -0.2) is 35.1 Å². The van der Waals surface area contributed by atoms with Crippen LogP contribution in [-0.2, 0) is 0 Å². The van der Waals surface area contributed by atoms with E-state index in [9.17, 15) is 4.79 Å². The van der Waals surface area contributed by atoms with Crippen molar-refractivity contribution in [3.8, 4) is 11.8 Å². The number of thiophene rings is 1. The smallest absolute Gasteiger partial charge is 0.278 e. The quantitative estimate of drug-likeness (QED) is 0.900. The summed E-state index contributed by atoms with van der Waals surface area (Å²) in [7, 11) is 1.55. The first-order valence-corrected chi connectivity index (χ1v) is 8.91. The van der Waals surface area contributed by atoms with Crippen molar-refractivity contribution in [3.05, 3.63) is 34.3 Å². The number of nitrogens with zero attached hydrogens (tertiary/aromatic N) is 2. The van der Waals surface area contributed by atoms with Gasteiger partial charge in [0.25, 0.3) is 17.7 Å². The van der Waals surface area contributed by atoms with E-state index in [0.29, 0.717) is 11.8 Å². The minimum Gasteiger partial charge on any atom is -0.477 e. The third-order valence-corrected chi connectivity index (χ3v) is 5.12. The van der Waals surface area contributed by atoms with E-state index in [-0.39, 0.29) is 18.1 Å². The maximum atomic E-state index is 12.2. The number of hydrogen-bond donors (Lipinski definition) is 1. The van der Waals surface area contributed by atoms with Gasteiger partial charge in [0, 0.05) is 18.4 Å². The highest BCUT2D eigenvalue weighted by atomic mass is 32.1.